The smallest absolute Gasteiger partial charge is 0.317 e. The highest BCUT2D eigenvalue weighted by Crippen LogP contribution is 2.36. The van der Waals surface area contributed by atoms with Crippen molar-refractivity contribution < 1.29 is 37.4 Å². The van der Waals surface area contributed by atoms with Crippen LogP contribution in [0, 0.1) is 23.5 Å². The van der Waals surface area contributed by atoms with Gasteiger partial charge in [-0.15, -0.1) is 0 Å². The Morgan fingerprint density at radius 3 is 1.48 bits per heavy atom. The Morgan fingerprint density at radius 1 is 0.815 bits per heavy atom. The molecule has 0 saturated carbocycles. The predicted molar refractivity (Wildman–Crippen MR) is 90.7 cm³/mol. The van der Waals surface area contributed by atoms with E-state index in [1.807, 2.05) is 0 Å². The maximum absolute atomic E-state index is 13.8. The van der Waals surface area contributed by atoms with E-state index in [-0.39, 0.29) is 18.8 Å². The molecule has 1 aromatic carbocycles. The Kier molecular flexibility index (Phi) is 8.21. The van der Waals surface area contributed by atoms with Crippen LogP contribution in [-0.4, -0.2) is 36.7 Å². The predicted octanol–water partition coefficient (Wildman–Crippen LogP) is 2.59. The van der Waals surface area contributed by atoms with Crippen molar-refractivity contribution in [3.05, 3.63) is 35.4 Å². The molecule has 27 heavy (non-hydrogen) atoms. The van der Waals surface area contributed by atoms with Crippen molar-refractivity contribution in [2.45, 2.75) is 33.6 Å². The Bertz CT molecular complexity index is 675. The van der Waals surface area contributed by atoms with Gasteiger partial charge in [0, 0.05) is 12.0 Å². The van der Waals surface area contributed by atoms with E-state index < -0.39 is 52.9 Å². The number of halogens is 2. The lowest BCUT2D eigenvalue weighted by atomic mass is 9.73. The highest BCUT2D eigenvalue weighted by atomic mass is 19.1. The van der Waals surface area contributed by atoms with Crippen LogP contribution in [0.25, 0.3) is 0 Å². The Labute approximate surface area is 155 Å². The van der Waals surface area contributed by atoms with Crippen molar-refractivity contribution in [2.24, 2.45) is 11.8 Å². The van der Waals surface area contributed by atoms with E-state index in [0.29, 0.717) is 6.07 Å². The quantitative estimate of drug-likeness (QED) is 0.480. The molecule has 0 aromatic heterocycles. The zero-order chi connectivity index (χ0) is 20.7. The lowest BCUT2D eigenvalue weighted by Crippen LogP contribution is -2.40. The summed E-state index contributed by atoms with van der Waals surface area (Å²) in [5.74, 6) is -10.0. The first kappa shape index (κ1) is 22.4. The number of rotatable bonds is 9. The number of ether oxygens (including phenoxy) is 2. The first-order chi connectivity index (χ1) is 12.6. The molecule has 0 N–H and O–H groups in total. The number of hydrogen-bond acceptors (Lipinski definition) is 6. The molecule has 0 unspecified atom stereocenters. The molecule has 0 aliphatic carbocycles. The van der Waals surface area contributed by atoms with Crippen molar-refractivity contribution in [1.29, 1.82) is 0 Å². The van der Waals surface area contributed by atoms with Crippen molar-refractivity contribution in [3.63, 3.8) is 0 Å². The van der Waals surface area contributed by atoms with E-state index in [4.69, 9.17) is 9.47 Å². The van der Waals surface area contributed by atoms with Gasteiger partial charge < -0.3 is 9.47 Å². The van der Waals surface area contributed by atoms with Crippen LogP contribution in [-0.2, 0) is 28.7 Å². The van der Waals surface area contributed by atoms with Crippen LogP contribution in [0.3, 0.4) is 0 Å². The first-order valence-electron chi connectivity index (χ1n) is 8.44. The standard InChI is InChI=1S/C19H22F2O6/c1-5-26-18(24)15(10(3)22)17(12-7-13(20)9-14(21)8-12)16(11(4)23)19(25)27-6-2/h7-9,15-17H,5-6H2,1-4H3/t15-,16-/m1/s1. The molecule has 0 aliphatic heterocycles. The maximum atomic E-state index is 13.8. The zero-order valence-electron chi connectivity index (χ0n) is 15.6. The van der Waals surface area contributed by atoms with Gasteiger partial charge >= 0.3 is 11.9 Å². The summed E-state index contributed by atoms with van der Waals surface area (Å²) in [5.41, 5.74) is -0.186. The van der Waals surface area contributed by atoms with Gasteiger partial charge in [-0.2, -0.15) is 0 Å². The first-order valence-corrected chi connectivity index (χ1v) is 8.44. The van der Waals surface area contributed by atoms with E-state index in [2.05, 4.69) is 0 Å². The lowest BCUT2D eigenvalue weighted by molar-refractivity contribution is -0.157. The van der Waals surface area contributed by atoms with Crippen LogP contribution in [0.15, 0.2) is 18.2 Å². The number of carbonyl (C=O) groups excluding carboxylic acids is 4. The Balaban J connectivity index is 3.67. The van der Waals surface area contributed by atoms with Crippen LogP contribution in [0.1, 0.15) is 39.2 Å². The largest absolute Gasteiger partial charge is 0.465 e. The fourth-order valence-corrected chi connectivity index (χ4v) is 2.94. The highest BCUT2D eigenvalue weighted by molar-refractivity contribution is 6.04. The SMILES string of the molecule is CCOC(=O)[C@H](C(C)=O)C(c1cc(F)cc(F)c1)[C@@H](C(C)=O)C(=O)OCC. The van der Waals surface area contributed by atoms with Gasteiger partial charge in [-0.05, 0) is 45.4 Å². The van der Waals surface area contributed by atoms with Crippen LogP contribution in [0.5, 0.6) is 0 Å². The fraction of sp³-hybridized carbons (Fsp3) is 0.474. The third-order valence-corrected chi connectivity index (χ3v) is 3.95. The molecule has 0 bridgehead atoms. The fourth-order valence-electron chi connectivity index (χ4n) is 2.94. The van der Waals surface area contributed by atoms with Crippen molar-refractivity contribution in [1.82, 2.24) is 0 Å². The van der Waals surface area contributed by atoms with Crippen LogP contribution >= 0.6 is 0 Å². The third-order valence-electron chi connectivity index (χ3n) is 3.95. The molecule has 1 aromatic rings. The number of carbonyl (C=O) groups is 4. The summed E-state index contributed by atoms with van der Waals surface area (Å²) >= 11 is 0. The molecule has 1 rings (SSSR count). The van der Waals surface area contributed by atoms with E-state index >= 15 is 0 Å². The second kappa shape index (κ2) is 9.89. The molecule has 0 heterocycles. The molecule has 0 spiro atoms. The Morgan fingerprint density at radius 2 is 1.19 bits per heavy atom. The van der Waals surface area contributed by atoms with Crippen molar-refractivity contribution in [3.8, 4) is 0 Å². The average Bonchev–Trinajstić information content (AvgIpc) is 2.53. The second-order valence-corrected chi connectivity index (χ2v) is 5.91. The third kappa shape index (κ3) is 5.67. The van der Waals surface area contributed by atoms with Gasteiger partial charge in [0.1, 0.15) is 35.0 Å². The number of Topliss-reactive ketones (excluding diaryl/α,β-unsaturated/α-hetero) is 2. The Hall–Kier alpha value is -2.64. The number of ketones is 2. The molecule has 0 fully saturated rings. The van der Waals surface area contributed by atoms with E-state index in [9.17, 15) is 28.0 Å². The van der Waals surface area contributed by atoms with Crippen LogP contribution < -0.4 is 0 Å². The normalized spacial score (nSPS) is 13.0. The molecule has 148 valence electrons. The molecule has 0 aliphatic rings. The second-order valence-electron chi connectivity index (χ2n) is 5.91. The van der Waals surface area contributed by atoms with E-state index in [0.717, 1.165) is 26.0 Å². The van der Waals surface area contributed by atoms with Crippen LogP contribution in [0.4, 0.5) is 8.78 Å². The lowest BCUT2D eigenvalue weighted by Gasteiger charge is -2.29. The average molecular weight is 384 g/mol. The van der Waals surface area contributed by atoms with E-state index in [1.165, 1.54) is 13.8 Å². The zero-order valence-corrected chi connectivity index (χ0v) is 15.6. The summed E-state index contributed by atoms with van der Waals surface area (Å²) in [6.07, 6.45) is 0. The van der Waals surface area contributed by atoms with Gasteiger partial charge in [0.05, 0.1) is 13.2 Å². The molecule has 8 heteroatoms. The highest BCUT2D eigenvalue weighted by Gasteiger charge is 2.45. The van der Waals surface area contributed by atoms with Gasteiger partial charge in [-0.25, -0.2) is 8.78 Å². The molecule has 0 amide bonds. The van der Waals surface area contributed by atoms with Crippen LogP contribution in [0.2, 0.25) is 0 Å². The molecular weight excluding hydrogens is 362 g/mol. The molecule has 6 nitrogen and oxygen atoms in total. The minimum absolute atomic E-state index is 0.0585. The van der Waals surface area contributed by atoms with Gasteiger partial charge in [-0.1, -0.05) is 0 Å². The summed E-state index contributed by atoms with van der Waals surface area (Å²) in [6.45, 7) is 5.06. The van der Waals surface area contributed by atoms with Gasteiger partial charge in [0.15, 0.2) is 0 Å². The topological polar surface area (TPSA) is 86.7 Å². The van der Waals surface area contributed by atoms with Crippen molar-refractivity contribution >= 4 is 23.5 Å². The maximum Gasteiger partial charge on any atom is 0.317 e. The number of hydrogen-bond donors (Lipinski definition) is 0. The van der Waals surface area contributed by atoms with Gasteiger partial charge in [-0.3, -0.25) is 19.2 Å². The monoisotopic (exact) mass is 384 g/mol. The minimum atomic E-state index is -1.61. The number of benzene rings is 1. The van der Waals surface area contributed by atoms with E-state index in [1.54, 1.807) is 0 Å². The summed E-state index contributed by atoms with van der Waals surface area (Å²) in [5, 5.41) is 0. The molecular formula is C19H22F2O6. The van der Waals surface area contributed by atoms with Gasteiger partial charge in [0.2, 0.25) is 0 Å². The summed E-state index contributed by atoms with van der Waals surface area (Å²) < 4.78 is 37.3. The summed E-state index contributed by atoms with van der Waals surface area (Å²) in [4.78, 5) is 49.2. The van der Waals surface area contributed by atoms with Crippen molar-refractivity contribution in [2.75, 3.05) is 13.2 Å². The minimum Gasteiger partial charge on any atom is -0.465 e. The summed E-state index contributed by atoms with van der Waals surface area (Å²) in [7, 11) is 0. The molecule has 0 radical (unpaired) electrons. The molecule has 0 saturated heterocycles. The van der Waals surface area contributed by atoms with Gasteiger partial charge in [0.25, 0.3) is 0 Å². The molecule has 2 atom stereocenters. The summed E-state index contributed by atoms with van der Waals surface area (Å²) in [6, 6.07) is 2.34. The number of esters is 2.